The molecule has 2 unspecified atom stereocenters. The van der Waals surface area contributed by atoms with Crippen molar-refractivity contribution in [2.24, 2.45) is 5.73 Å². The Kier molecular flexibility index (Phi) is 3.72. The van der Waals surface area contributed by atoms with Crippen LogP contribution in [0.15, 0.2) is 18.2 Å². The van der Waals surface area contributed by atoms with E-state index in [9.17, 15) is 4.79 Å². The molecule has 0 radical (unpaired) electrons. The van der Waals surface area contributed by atoms with Gasteiger partial charge >= 0.3 is 0 Å². The molecule has 5 nitrogen and oxygen atoms in total. The van der Waals surface area contributed by atoms with Crippen molar-refractivity contribution in [2.45, 2.75) is 32.4 Å². The van der Waals surface area contributed by atoms with Crippen molar-refractivity contribution < 1.29 is 14.3 Å². The molecule has 0 fully saturated rings. The highest BCUT2D eigenvalue weighted by Crippen LogP contribution is 2.32. The number of fused-ring (bicyclic) bond motifs is 1. The van der Waals surface area contributed by atoms with Crippen molar-refractivity contribution in [2.75, 3.05) is 6.79 Å². The van der Waals surface area contributed by atoms with Crippen LogP contribution in [0.3, 0.4) is 0 Å². The number of nitrogens with two attached hydrogens (primary N) is 1. The summed E-state index contributed by atoms with van der Waals surface area (Å²) in [5, 5.41) is 2.86. The number of rotatable bonds is 4. The lowest BCUT2D eigenvalue weighted by molar-refractivity contribution is -0.122. The molecule has 1 aliphatic rings. The fourth-order valence-electron chi connectivity index (χ4n) is 1.85. The Labute approximate surface area is 106 Å². The number of nitrogens with one attached hydrogen (secondary N) is 1. The molecule has 1 aromatic carbocycles. The molecular formula is C13H18N2O3. The van der Waals surface area contributed by atoms with E-state index < -0.39 is 6.04 Å². The van der Waals surface area contributed by atoms with Crippen LogP contribution in [-0.2, 0) is 11.2 Å². The summed E-state index contributed by atoms with van der Waals surface area (Å²) in [5.41, 5.74) is 6.60. The zero-order chi connectivity index (χ0) is 13.1. The van der Waals surface area contributed by atoms with E-state index in [0.29, 0.717) is 0 Å². The number of carbonyl (C=O) groups is 1. The smallest absolute Gasteiger partial charge is 0.236 e. The van der Waals surface area contributed by atoms with Crippen LogP contribution < -0.4 is 20.5 Å². The molecule has 18 heavy (non-hydrogen) atoms. The summed E-state index contributed by atoms with van der Waals surface area (Å²) >= 11 is 0. The molecule has 5 heteroatoms. The summed E-state index contributed by atoms with van der Waals surface area (Å²) in [7, 11) is 0. The minimum atomic E-state index is -0.482. The molecule has 0 saturated heterocycles. The lowest BCUT2D eigenvalue weighted by Crippen LogP contribution is -2.43. The largest absolute Gasteiger partial charge is 0.454 e. The van der Waals surface area contributed by atoms with Crippen LogP contribution in [-0.4, -0.2) is 24.8 Å². The summed E-state index contributed by atoms with van der Waals surface area (Å²) < 4.78 is 10.6. The van der Waals surface area contributed by atoms with Gasteiger partial charge in [0.05, 0.1) is 6.04 Å². The Hall–Kier alpha value is -1.75. The minimum absolute atomic E-state index is 0.0314. The lowest BCUT2D eigenvalue weighted by Gasteiger charge is -2.15. The van der Waals surface area contributed by atoms with Gasteiger partial charge in [-0.1, -0.05) is 6.07 Å². The Bertz CT molecular complexity index is 446. The molecule has 3 N–H and O–H groups in total. The van der Waals surface area contributed by atoms with E-state index >= 15 is 0 Å². The van der Waals surface area contributed by atoms with Crippen LogP contribution in [0.25, 0.3) is 0 Å². The first kappa shape index (κ1) is 12.7. The van der Waals surface area contributed by atoms with Gasteiger partial charge in [0.25, 0.3) is 0 Å². The van der Waals surface area contributed by atoms with Gasteiger partial charge < -0.3 is 20.5 Å². The molecule has 1 aromatic rings. The number of amides is 1. The first-order chi connectivity index (χ1) is 8.56. The highest BCUT2D eigenvalue weighted by atomic mass is 16.7. The maximum atomic E-state index is 11.4. The van der Waals surface area contributed by atoms with Gasteiger partial charge in [-0.3, -0.25) is 4.79 Å². The van der Waals surface area contributed by atoms with E-state index in [1.54, 1.807) is 6.92 Å². The third-order valence-electron chi connectivity index (χ3n) is 2.78. The molecule has 98 valence electrons. The quantitative estimate of drug-likeness (QED) is 0.829. The molecule has 0 aliphatic carbocycles. The van der Waals surface area contributed by atoms with Gasteiger partial charge in [0.15, 0.2) is 11.5 Å². The van der Waals surface area contributed by atoms with Crippen LogP contribution in [0.4, 0.5) is 0 Å². The maximum absolute atomic E-state index is 11.4. The lowest BCUT2D eigenvalue weighted by atomic mass is 10.1. The zero-order valence-electron chi connectivity index (χ0n) is 10.6. The summed E-state index contributed by atoms with van der Waals surface area (Å²) in [6, 6.07) is 5.35. The highest BCUT2D eigenvalue weighted by molar-refractivity contribution is 5.81. The summed E-state index contributed by atoms with van der Waals surface area (Å²) in [4.78, 5) is 11.4. The molecule has 0 bridgehead atoms. The predicted octanol–water partition coefficient (Wildman–Crippen LogP) is 0.810. The summed E-state index contributed by atoms with van der Waals surface area (Å²) in [5.74, 6) is 1.40. The van der Waals surface area contributed by atoms with Crippen molar-refractivity contribution in [3.05, 3.63) is 23.8 Å². The second-order valence-corrected chi connectivity index (χ2v) is 4.59. The second kappa shape index (κ2) is 5.27. The Morgan fingerprint density at radius 3 is 2.83 bits per heavy atom. The van der Waals surface area contributed by atoms with Crippen molar-refractivity contribution in [3.8, 4) is 11.5 Å². The molecule has 0 spiro atoms. The molecule has 0 aromatic heterocycles. The van der Waals surface area contributed by atoms with Crippen LogP contribution in [0.1, 0.15) is 19.4 Å². The SMILES string of the molecule is CC(Cc1ccc2c(c1)OCO2)NC(=O)C(C)N. The predicted molar refractivity (Wildman–Crippen MR) is 67.5 cm³/mol. The monoisotopic (exact) mass is 250 g/mol. The van der Waals surface area contributed by atoms with Gasteiger partial charge in [0.1, 0.15) is 0 Å². The average Bonchev–Trinajstić information content (AvgIpc) is 2.75. The highest BCUT2D eigenvalue weighted by Gasteiger charge is 2.15. The number of carbonyl (C=O) groups excluding carboxylic acids is 1. The van der Waals surface area contributed by atoms with Crippen molar-refractivity contribution in [1.29, 1.82) is 0 Å². The number of hydrogen-bond donors (Lipinski definition) is 2. The fourth-order valence-corrected chi connectivity index (χ4v) is 1.85. The van der Waals surface area contributed by atoms with Gasteiger partial charge in [-0.15, -0.1) is 0 Å². The fraction of sp³-hybridized carbons (Fsp3) is 0.462. The van der Waals surface area contributed by atoms with Crippen molar-refractivity contribution in [3.63, 3.8) is 0 Å². The minimum Gasteiger partial charge on any atom is -0.454 e. The van der Waals surface area contributed by atoms with E-state index in [-0.39, 0.29) is 18.7 Å². The first-order valence-electron chi connectivity index (χ1n) is 6.00. The van der Waals surface area contributed by atoms with Crippen LogP contribution in [0.5, 0.6) is 11.5 Å². The van der Waals surface area contributed by atoms with Gasteiger partial charge in [-0.25, -0.2) is 0 Å². The van der Waals surface area contributed by atoms with E-state index in [0.717, 1.165) is 23.5 Å². The van der Waals surface area contributed by atoms with Crippen molar-refractivity contribution in [1.82, 2.24) is 5.32 Å². The number of hydrogen-bond acceptors (Lipinski definition) is 4. The average molecular weight is 250 g/mol. The molecule has 1 amide bonds. The third kappa shape index (κ3) is 2.92. The molecule has 1 heterocycles. The van der Waals surface area contributed by atoms with Crippen molar-refractivity contribution >= 4 is 5.91 Å². The van der Waals surface area contributed by atoms with Gasteiger partial charge in [0.2, 0.25) is 12.7 Å². The standard InChI is InChI=1S/C13H18N2O3/c1-8(15-13(16)9(2)14)5-10-3-4-11-12(6-10)18-7-17-11/h3-4,6,8-9H,5,7,14H2,1-2H3,(H,15,16). The molecular weight excluding hydrogens is 232 g/mol. The van der Waals surface area contributed by atoms with Crippen LogP contribution in [0, 0.1) is 0 Å². The number of benzene rings is 1. The van der Waals surface area contributed by atoms with Crippen LogP contribution in [0.2, 0.25) is 0 Å². The van der Waals surface area contributed by atoms with Gasteiger partial charge in [0, 0.05) is 6.04 Å². The molecule has 2 atom stereocenters. The van der Waals surface area contributed by atoms with Gasteiger partial charge in [-0.2, -0.15) is 0 Å². The second-order valence-electron chi connectivity index (χ2n) is 4.59. The molecule has 0 saturated carbocycles. The van der Waals surface area contributed by atoms with E-state index in [1.807, 2.05) is 25.1 Å². The third-order valence-corrected chi connectivity index (χ3v) is 2.78. The molecule has 1 aliphatic heterocycles. The number of ether oxygens (including phenoxy) is 2. The Morgan fingerprint density at radius 1 is 1.39 bits per heavy atom. The van der Waals surface area contributed by atoms with Crippen LogP contribution >= 0.6 is 0 Å². The summed E-state index contributed by atoms with van der Waals surface area (Å²) in [6.07, 6.45) is 0.731. The normalized spacial score (nSPS) is 16.2. The van der Waals surface area contributed by atoms with Gasteiger partial charge in [-0.05, 0) is 38.0 Å². The van der Waals surface area contributed by atoms with E-state index in [1.165, 1.54) is 0 Å². The van der Waals surface area contributed by atoms with E-state index in [2.05, 4.69) is 5.32 Å². The maximum Gasteiger partial charge on any atom is 0.236 e. The van der Waals surface area contributed by atoms with E-state index in [4.69, 9.17) is 15.2 Å². The Morgan fingerprint density at radius 2 is 2.11 bits per heavy atom. The molecule has 2 rings (SSSR count). The topological polar surface area (TPSA) is 73.6 Å². The first-order valence-corrected chi connectivity index (χ1v) is 6.00. The Balaban J connectivity index is 1.95. The zero-order valence-corrected chi connectivity index (χ0v) is 10.6. The summed E-state index contributed by atoms with van der Waals surface area (Å²) in [6.45, 7) is 3.89.